The number of hydrogen-bond acceptors (Lipinski definition) is 3. The van der Waals surface area contributed by atoms with Gasteiger partial charge in [0.1, 0.15) is 4.60 Å². The lowest BCUT2D eigenvalue weighted by Crippen LogP contribution is -2.38. The van der Waals surface area contributed by atoms with Gasteiger partial charge in [-0.15, -0.1) is 0 Å². The molecule has 0 saturated carbocycles. The second kappa shape index (κ2) is 4.75. The zero-order valence-corrected chi connectivity index (χ0v) is 9.55. The van der Waals surface area contributed by atoms with Gasteiger partial charge in [0, 0.05) is 12.6 Å². The van der Waals surface area contributed by atoms with Crippen LogP contribution < -0.4 is 10.6 Å². The molecule has 1 fully saturated rings. The Morgan fingerprint density at radius 1 is 1.50 bits per heavy atom. The second-order valence-corrected chi connectivity index (χ2v) is 4.37. The van der Waals surface area contributed by atoms with Gasteiger partial charge < -0.3 is 10.6 Å². The van der Waals surface area contributed by atoms with Gasteiger partial charge in [-0.1, -0.05) is 0 Å². The summed E-state index contributed by atoms with van der Waals surface area (Å²) in [4.78, 5) is 4.18. The Balaban J connectivity index is 1.92. The Morgan fingerprint density at radius 3 is 3.07 bits per heavy atom. The molecule has 2 N–H and O–H groups in total. The van der Waals surface area contributed by atoms with Gasteiger partial charge in [-0.3, -0.25) is 0 Å². The Labute approximate surface area is 92.4 Å². The van der Waals surface area contributed by atoms with Crippen LogP contribution in [0.5, 0.6) is 0 Å². The molecule has 1 aliphatic heterocycles. The van der Waals surface area contributed by atoms with Crippen molar-refractivity contribution in [1.82, 2.24) is 10.3 Å². The number of halogens is 1. The average Bonchev–Trinajstić information content (AvgIpc) is 2.23. The number of anilines is 1. The van der Waals surface area contributed by atoms with Gasteiger partial charge >= 0.3 is 0 Å². The summed E-state index contributed by atoms with van der Waals surface area (Å²) in [6.07, 6.45) is 4.35. The predicted octanol–water partition coefficient (Wildman–Crippen LogP) is 2.01. The second-order valence-electron chi connectivity index (χ2n) is 3.56. The Morgan fingerprint density at radius 2 is 2.43 bits per heavy atom. The van der Waals surface area contributed by atoms with Crippen LogP contribution in [0, 0.1) is 0 Å². The third-order valence-corrected chi connectivity index (χ3v) is 2.86. The van der Waals surface area contributed by atoms with Crippen molar-refractivity contribution in [3.05, 3.63) is 22.9 Å². The van der Waals surface area contributed by atoms with E-state index in [1.807, 2.05) is 18.3 Å². The zero-order valence-electron chi connectivity index (χ0n) is 7.96. The fourth-order valence-corrected chi connectivity index (χ4v) is 1.91. The van der Waals surface area contributed by atoms with Crippen molar-refractivity contribution in [3.8, 4) is 0 Å². The highest BCUT2D eigenvalue weighted by molar-refractivity contribution is 9.10. The molecule has 3 nitrogen and oxygen atoms in total. The van der Waals surface area contributed by atoms with Crippen LogP contribution in [0.1, 0.15) is 12.8 Å². The quantitative estimate of drug-likeness (QED) is 0.795. The number of aromatic nitrogens is 1. The van der Waals surface area contributed by atoms with Crippen LogP contribution in [0.2, 0.25) is 0 Å². The molecule has 0 amide bonds. The van der Waals surface area contributed by atoms with E-state index in [0.29, 0.717) is 6.04 Å². The lowest BCUT2D eigenvalue weighted by atomic mass is 10.1. The lowest BCUT2D eigenvalue weighted by Gasteiger charge is -2.24. The summed E-state index contributed by atoms with van der Waals surface area (Å²) in [6, 6.07) is 4.55. The Hall–Kier alpha value is -0.610. The van der Waals surface area contributed by atoms with Crippen molar-refractivity contribution in [2.75, 3.05) is 18.4 Å². The van der Waals surface area contributed by atoms with Gasteiger partial charge in [-0.05, 0) is 47.4 Å². The van der Waals surface area contributed by atoms with E-state index >= 15 is 0 Å². The van der Waals surface area contributed by atoms with E-state index in [9.17, 15) is 0 Å². The molecule has 1 aromatic rings. The molecule has 4 heteroatoms. The molecule has 1 unspecified atom stereocenters. The van der Waals surface area contributed by atoms with Crippen molar-refractivity contribution in [2.45, 2.75) is 18.9 Å². The maximum absolute atomic E-state index is 4.18. The smallest absolute Gasteiger partial charge is 0.106 e. The van der Waals surface area contributed by atoms with E-state index in [4.69, 9.17) is 0 Å². The highest BCUT2D eigenvalue weighted by Gasteiger charge is 2.11. The third kappa shape index (κ3) is 2.69. The Kier molecular flexibility index (Phi) is 3.37. The van der Waals surface area contributed by atoms with E-state index in [1.165, 1.54) is 12.8 Å². The number of hydrogen-bond donors (Lipinski definition) is 2. The van der Waals surface area contributed by atoms with Gasteiger partial charge in [-0.25, -0.2) is 4.98 Å². The molecule has 0 aromatic carbocycles. The van der Waals surface area contributed by atoms with Crippen LogP contribution in [-0.2, 0) is 0 Å². The van der Waals surface area contributed by atoms with Crippen LogP contribution in [-0.4, -0.2) is 24.1 Å². The van der Waals surface area contributed by atoms with Gasteiger partial charge in [0.2, 0.25) is 0 Å². The molecule has 1 aromatic heterocycles. The van der Waals surface area contributed by atoms with Crippen LogP contribution in [0.15, 0.2) is 22.9 Å². The third-order valence-electron chi connectivity index (χ3n) is 2.40. The van der Waals surface area contributed by atoms with E-state index < -0.39 is 0 Å². The largest absolute Gasteiger partial charge is 0.380 e. The van der Waals surface area contributed by atoms with E-state index in [2.05, 4.69) is 31.5 Å². The predicted molar refractivity (Wildman–Crippen MR) is 61.5 cm³/mol. The van der Waals surface area contributed by atoms with Gasteiger partial charge in [0.25, 0.3) is 0 Å². The number of nitrogens with zero attached hydrogens (tertiary/aromatic N) is 1. The van der Waals surface area contributed by atoms with Crippen LogP contribution in [0.3, 0.4) is 0 Å². The normalized spacial score (nSPS) is 21.9. The van der Waals surface area contributed by atoms with E-state index in [-0.39, 0.29) is 0 Å². The number of nitrogens with one attached hydrogen (secondary N) is 2. The fourth-order valence-electron chi connectivity index (χ4n) is 1.67. The molecule has 1 saturated heterocycles. The van der Waals surface area contributed by atoms with Gasteiger partial charge in [0.15, 0.2) is 0 Å². The van der Waals surface area contributed by atoms with Crippen molar-refractivity contribution in [1.29, 1.82) is 0 Å². The van der Waals surface area contributed by atoms with Gasteiger partial charge in [0.05, 0.1) is 11.9 Å². The molecule has 1 atom stereocenters. The molecule has 2 heterocycles. The first-order valence-electron chi connectivity index (χ1n) is 4.93. The molecule has 0 bridgehead atoms. The molecule has 0 spiro atoms. The van der Waals surface area contributed by atoms with Gasteiger partial charge in [-0.2, -0.15) is 0 Å². The standard InChI is InChI=1S/C10H14BrN3/c11-10-4-3-9(7-13-10)14-8-2-1-5-12-6-8/h3-4,7-8,12,14H,1-2,5-6H2. The minimum Gasteiger partial charge on any atom is -0.380 e. The first-order valence-corrected chi connectivity index (χ1v) is 5.73. The molecule has 0 aliphatic carbocycles. The number of piperidine rings is 1. The first-order chi connectivity index (χ1) is 6.84. The highest BCUT2D eigenvalue weighted by atomic mass is 79.9. The molecule has 2 rings (SSSR count). The maximum Gasteiger partial charge on any atom is 0.106 e. The minimum atomic E-state index is 0.548. The summed E-state index contributed by atoms with van der Waals surface area (Å²) in [6.45, 7) is 2.20. The van der Waals surface area contributed by atoms with Crippen molar-refractivity contribution in [3.63, 3.8) is 0 Å². The summed E-state index contributed by atoms with van der Waals surface area (Å²) < 4.78 is 0.879. The molecule has 1 aliphatic rings. The summed E-state index contributed by atoms with van der Waals surface area (Å²) in [5.74, 6) is 0. The first kappa shape index (κ1) is 9.93. The summed E-state index contributed by atoms with van der Waals surface area (Å²) >= 11 is 3.32. The zero-order chi connectivity index (χ0) is 9.80. The average molecular weight is 256 g/mol. The van der Waals surface area contributed by atoms with Crippen LogP contribution >= 0.6 is 15.9 Å². The van der Waals surface area contributed by atoms with Crippen molar-refractivity contribution in [2.24, 2.45) is 0 Å². The highest BCUT2D eigenvalue weighted by Crippen LogP contribution is 2.13. The maximum atomic E-state index is 4.18. The molecule has 14 heavy (non-hydrogen) atoms. The molecule has 76 valence electrons. The molecular weight excluding hydrogens is 242 g/mol. The minimum absolute atomic E-state index is 0.548. The van der Waals surface area contributed by atoms with Crippen molar-refractivity contribution >= 4 is 21.6 Å². The van der Waals surface area contributed by atoms with Crippen LogP contribution in [0.4, 0.5) is 5.69 Å². The van der Waals surface area contributed by atoms with E-state index in [1.54, 1.807) is 0 Å². The summed E-state index contributed by atoms with van der Waals surface area (Å²) in [5, 5.41) is 6.84. The number of pyridine rings is 1. The molecular formula is C10H14BrN3. The summed E-state index contributed by atoms with van der Waals surface area (Å²) in [5.41, 5.74) is 1.10. The summed E-state index contributed by atoms with van der Waals surface area (Å²) in [7, 11) is 0. The fraction of sp³-hybridized carbons (Fsp3) is 0.500. The molecule has 0 radical (unpaired) electrons. The monoisotopic (exact) mass is 255 g/mol. The number of rotatable bonds is 2. The topological polar surface area (TPSA) is 37.0 Å². The lowest BCUT2D eigenvalue weighted by molar-refractivity contribution is 0.480. The van der Waals surface area contributed by atoms with Crippen LogP contribution in [0.25, 0.3) is 0 Å². The SMILES string of the molecule is Brc1ccc(NC2CCCNC2)cn1. The van der Waals surface area contributed by atoms with E-state index in [0.717, 1.165) is 23.4 Å². The van der Waals surface area contributed by atoms with Crippen molar-refractivity contribution < 1.29 is 0 Å². The Bertz CT molecular complexity index is 280.